The van der Waals surface area contributed by atoms with Crippen LogP contribution >= 0.6 is 0 Å². The molecule has 4 heteroatoms. The molecule has 23 heavy (non-hydrogen) atoms. The molecule has 2 aromatic rings. The van der Waals surface area contributed by atoms with Crippen LogP contribution in [-0.4, -0.2) is 41.0 Å². The first kappa shape index (κ1) is 14.9. The average molecular weight is 311 g/mol. The van der Waals surface area contributed by atoms with E-state index < -0.39 is 0 Å². The van der Waals surface area contributed by atoms with Gasteiger partial charge in [0.25, 0.3) is 0 Å². The molecule has 0 bridgehead atoms. The first-order chi connectivity index (χ1) is 11.3. The van der Waals surface area contributed by atoms with Crippen LogP contribution in [0.25, 0.3) is 0 Å². The number of hydrogen-bond donors (Lipinski definition) is 0. The van der Waals surface area contributed by atoms with Crippen molar-refractivity contribution in [2.24, 2.45) is 5.41 Å². The predicted molar refractivity (Wildman–Crippen MR) is 89.8 cm³/mol. The third-order valence-electron chi connectivity index (χ3n) is 5.33. The highest BCUT2D eigenvalue weighted by molar-refractivity contribution is 5.05. The summed E-state index contributed by atoms with van der Waals surface area (Å²) >= 11 is 0. The van der Waals surface area contributed by atoms with Crippen molar-refractivity contribution in [1.29, 1.82) is 0 Å². The monoisotopic (exact) mass is 311 g/mol. The lowest BCUT2D eigenvalue weighted by molar-refractivity contribution is 0.0849. The Bertz CT molecular complexity index is 613. The molecule has 1 unspecified atom stereocenters. The fourth-order valence-corrected chi connectivity index (χ4v) is 4.28. The summed E-state index contributed by atoms with van der Waals surface area (Å²) in [4.78, 5) is 9.65. The maximum atomic E-state index is 5.51. The highest BCUT2D eigenvalue weighted by atomic mass is 16.3. The molecular weight excluding hydrogens is 286 g/mol. The second-order valence-corrected chi connectivity index (χ2v) is 7.18. The highest BCUT2D eigenvalue weighted by Crippen LogP contribution is 2.39. The Hall–Kier alpha value is -1.65. The van der Waals surface area contributed by atoms with Gasteiger partial charge in [0.15, 0.2) is 0 Å². The summed E-state index contributed by atoms with van der Waals surface area (Å²) in [5, 5.41) is 0. The number of hydrogen-bond acceptors (Lipinski definition) is 4. The third-order valence-corrected chi connectivity index (χ3v) is 5.33. The summed E-state index contributed by atoms with van der Waals surface area (Å²) in [6.07, 6.45) is 7.65. The van der Waals surface area contributed by atoms with Crippen molar-refractivity contribution in [2.45, 2.75) is 32.4 Å². The summed E-state index contributed by atoms with van der Waals surface area (Å²) in [7, 11) is 0. The van der Waals surface area contributed by atoms with Gasteiger partial charge >= 0.3 is 0 Å². The topological polar surface area (TPSA) is 32.5 Å². The maximum absolute atomic E-state index is 5.51. The number of rotatable bonds is 4. The lowest BCUT2D eigenvalue weighted by Crippen LogP contribution is -2.44. The number of furan rings is 1. The summed E-state index contributed by atoms with van der Waals surface area (Å²) < 4.78 is 5.51. The van der Waals surface area contributed by atoms with Gasteiger partial charge in [0.2, 0.25) is 0 Å². The molecule has 2 aromatic heterocycles. The van der Waals surface area contributed by atoms with Gasteiger partial charge in [-0.05, 0) is 62.0 Å². The number of likely N-dealkylation sites (tertiary alicyclic amines) is 2. The van der Waals surface area contributed by atoms with E-state index in [0.29, 0.717) is 5.41 Å². The molecule has 0 radical (unpaired) electrons. The van der Waals surface area contributed by atoms with Gasteiger partial charge in [-0.25, -0.2) is 0 Å². The number of nitrogens with zero attached hydrogens (tertiary/aromatic N) is 3. The molecule has 2 aliphatic heterocycles. The van der Waals surface area contributed by atoms with Gasteiger partial charge in [-0.15, -0.1) is 0 Å². The van der Waals surface area contributed by atoms with Crippen LogP contribution in [0.4, 0.5) is 0 Å². The summed E-state index contributed by atoms with van der Waals surface area (Å²) in [5.74, 6) is 1.09. The van der Waals surface area contributed by atoms with Gasteiger partial charge in [0.05, 0.1) is 18.5 Å². The molecule has 1 atom stereocenters. The highest BCUT2D eigenvalue weighted by Gasteiger charge is 2.41. The molecule has 0 N–H and O–H groups in total. The molecule has 4 rings (SSSR count). The quantitative estimate of drug-likeness (QED) is 0.868. The van der Waals surface area contributed by atoms with E-state index in [1.165, 1.54) is 51.1 Å². The predicted octanol–water partition coefficient (Wildman–Crippen LogP) is 3.16. The summed E-state index contributed by atoms with van der Waals surface area (Å²) in [6, 6.07) is 10.3. The average Bonchev–Trinajstić information content (AvgIpc) is 3.20. The van der Waals surface area contributed by atoms with Gasteiger partial charge in [0, 0.05) is 25.8 Å². The lowest BCUT2D eigenvalue weighted by Gasteiger charge is -2.40. The summed E-state index contributed by atoms with van der Waals surface area (Å²) in [6.45, 7) is 6.75. The minimum absolute atomic E-state index is 0.472. The fraction of sp³-hybridized carbons (Fsp3) is 0.526. The minimum Gasteiger partial charge on any atom is -0.468 e. The normalized spacial score (nSPS) is 26.1. The molecule has 4 heterocycles. The van der Waals surface area contributed by atoms with Crippen LogP contribution in [0.15, 0.2) is 47.2 Å². The van der Waals surface area contributed by atoms with E-state index in [0.717, 1.165) is 18.8 Å². The van der Waals surface area contributed by atoms with Crippen LogP contribution in [0, 0.1) is 5.41 Å². The zero-order valence-corrected chi connectivity index (χ0v) is 13.7. The SMILES string of the molecule is c1ccc(CN2CCCC3(CCN(Cc4ccco4)C3)C2)nc1. The van der Waals surface area contributed by atoms with E-state index in [1.807, 2.05) is 18.3 Å². The molecule has 122 valence electrons. The molecule has 0 aromatic carbocycles. The Kier molecular flexibility index (Phi) is 4.19. The molecule has 2 fully saturated rings. The van der Waals surface area contributed by atoms with Crippen molar-refractivity contribution in [3.8, 4) is 0 Å². The van der Waals surface area contributed by atoms with E-state index in [9.17, 15) is 0 Å². The largest absolute Gasteiger partial charge is 0.468 e. The first-order valence-corrected chi connectivity index (χ1v) is 8.68. The molecule has 1 spiro atoms. The van der Waals surface area contributed by atoms with Crippen molar-refractivity contribution >= 4 is 0 Å². The lowest BCUT2D eigenvalue weighted by atomic mass is 9.79. The smallest absolute Gasteiger partial charge is 0.117 e. The van der Waals surface area contributed by atoms with Crippen LogP contribution in [0.1, 0.15) is 30.7 Å². The van der Waals surface area contributed by atoms with E-state index in [2.05, 4.69) is 33.0 Å². The molecular formula is C19H25N3O. The number of aromatic nitrogens is 1. The van der Waals surface area contributed by atoms with Gasteiger partial charge in [-0.2, -0.15) is 0 Å². The Balaban J connectivity index is 1.37. The Morgan fingerprint density at radius 1 is 1.00 bits per heavy atom. The molecule has 2 aliphatic rings. The summed E-state index contributed by atoms with van der Waals surface area (Å²) in [5.41, 5.74) is 1.66. The van der Waals surface area contributed by atoms with Crippen molar-refractivity contribution in [1.82, 2.24) is 14.8 Å². The van der Waals surface area contributed by atoms with Crippen molar-refractivity contribution in [3.05, 3.63) is 54.2 Å². The molecule has 2 saturated heterocycles. The van der Waals surface area contributed by atoms with Crippen molar-refractivity contribution in [2.75, 3.05) is 26.2 Å². The van der Waals surface area contributed by atoms with E-state index in [1.54, 1.807) is 6.26 Å². The standard InChI is InChI=1S/C19H25N3O/c1-2-9-20-17(5-1)13-21-10-4-7-19(15-21)8-11-22(16-19)14-18-6-3-12-23-18/h1-3,5-6,9,12H,4,7-8,10-11,13-16H2. The minimum atomic E-state index is 0.472. The molecule has 0 amide bonds. The molecule has 0 aliphatic carbocycles. The van der Waals surface area contributed by atoms with Crippen LogP contribution in [0.3, 0.4) is 0 Å². The zero-order valence-electron chi connectivity index (χ0n) is 13.7. The Morgan fingerprint density at radius 3 is 2.70 bits per heavy atom. The maximum Gasteiger partial charge on any atom is 0.117 e. The zero-order chi connectivity index (χ0) is 15.5. The number of piperidine rings is 1. The van der Waals surface area contributed by atoms with E-state index >= 15 is 0 Å². The number of pyridine rings is 1. The molecule has 4 nitrogen and oxygen atoms in total. The molecule has 0 saturated carbocycles. The van der Waals surface area contributed by atoms with Crippen LogP contribution in [0.2, 0.25) is 0 Å². The Labute approximate surface area is 138 Å². The van der Waals surface area contributed by atoms with Gasteiger partial charge < -0.3 is 4.42 Å². The van der Waals surface area contributed by atoms with Crippen molar-refractivity contribution in [3.63, 3.8) is 0 Å². The van der Waals surface area contributed by atoms with Crippen LogP contribution < -0.4 is 0 Å². The van der Waals surface area contributed by atoms with Gasteiger partial charge in [-0.3, -0.25) is 14.8 Å². The third kappa shape index (κ3) is 3.48. The fourth-order valence-electron chi connectivity index (χ4n) is 4.28. The Morgan fingerprint density at radius 2 is 1.91 bits per heavy atom. The first-order valence-electron chi connectivity index (χ1n) is 8.68. The van der Waals surface area contributed by atoms with E-state index in [4.69, 9.17) is 4.42 Å². The second kappa shape index (κ2) is 6.46. The van der Waals surface area contributed by atoms with Crippen molar-refractivity contribution < 1.29 is 4.42 Å². The van der Waals surface area contributed by atoms with E-state index in [-0.39, 0.29) is 0 Å². The van der Waals surface area contributed by atoms with Crippen LogP contribution in [0.5, 0.6) is 0 Å². The van der Waals surface area contributed by atoms with Gasteiger partial charge in [-0.1, -0.05) is 6.07 Å². The van der Waals surface area contributed by atoms with Crippen LogP contribution in [-0.2, 0) is 13.1 Å². The van der Waals surface area contributed by atoms with Gasteiger partial charge in [0.1, 0.15) is 5.76 Å². The second-order valence-electron chi connectivity index (χ2n) is 7.18.